The molecule has 2 rings (SSSR count). The second kappa shape index (κ2) is 4.41. The predicted molar refractivity (Wildman–Crippen MR) is 65.1 cm³/mol. The quantitative estimate of drug-likeness (QED) is 0.669. The summed E-state index contributed by atoms with van der Waals surface area (Å²) in [7, 11) is 0. The number of hydrogen-bond donors (Lipinski definition) is 1. The third-order valence-corrected chi connectivity index (χ3v) is 3.62. The Morgan fingerprint density at radius 3 is 2.88 bits per heavy atom. The number of nitrogen functional groups attached to an aromatic ring is 1. The fraction of sp³-hybridized carbons (Fsp3) is 0.364. The van der Waals surface area contributed by atoms with Crippen molar-refractivity contribution in [2.45, 2.75) is 6.42 Å². The van der Waals surface area contributed by atoms with Gasteiger partial charge in [0.15, 0.2) is 0 Å². The Balaban J connectivity index is 2.28. The number of nitrogens with zero attached hydrogens (tertiary/aromatic N) is 1. The zero-order chi connectivity index (χ0) is 11.7. The molecule has 1 aliphatic rings. The molecule has 1 fully saturated rings. The monoisotopic (exact) mass is 286 g/mol. The molecule has 1 atom stereocenters. The highest BCUT2D eigenvalue weighted by Gasteiger charge is 2.30. The van der Waals surface area contributed by atoms with Crippen molar-refractivity contribution in [2.24, 2.45) is 5.92 Å². The van der Waals surface area contributed by atoms with Crippen LogP contribution in [0.5, 0.6) is 0 Å². The van der Waals surface area contributed by atoms with Gasteiger partial charge in [-0.15, -0.1) is 0 Å². The summed E-state index contributed by atoms with van der Waals surface area (Å²) >= 11 is 3.36. The van der Waals surface area contributed by atoms with Gasteiger partial charge >= 0.3 is 0 Å². The van der Waals surface area contributed by atoms with Gasteiger partial charge in [-0.2, -0.15) is 0 Å². The maximum atomic E-state index is 12.9. The van der Waals surface area contributed by atoms with E-state index in [1.807, 2.05) is 0 Å². The van der Waals surface area contributed by atoms with Gasteiger partial charge in [0, 0.05) is 18.3 Å². The van der Waals surface area contributed by atoms with Crippen molar-refractivity contribution in [2.75, 3.05) is 22.5 Å². The van der Waals surface area contributed by atoms with Crippen molar-refractivity contribution in [3.63, 3.8) is 0 Å². The van der Waals surface area contributed by atoms with Gasteiger partial charge in [-0.3, -0.25) is 4.79 Å². The fourth-order valence-electron chi connectivity index (χ4n) is 1.89. The van der Waals surface area contributed by atoms with E-state index in [9.17, 15) is 9.18 Å². The van der Waals surface area contributed by atoms with Crippen LogP contribution < -0.4 is 10.6 Å². The highest BCUT2D eigenvalue weighted by atomic mass is 79.9. The van der Waals surface area contributed by atoms with Crippen LogP contribution in [0.1, 0.15) is 6.42 Å². The highest BCUT2D eigenvalue weighted by molar-refractivity contribution is 9.09. The SMILES string of the molecule is Nc1cc(F)ccc1N1CC(CBr)CC1=O. The fourth-order valence-corrected chi connectivity index (χ4v) is 2.32. The summed E-state index contributed by atoms with van der Waals surface area (Å²) in [4.78, 5) is 13.4. The van der Waals surface area contributed by atoms with Crippen LogP contribution in [0.15, 0.2) is 18.2 Å². The number of halogens is 2. The molecule has 5 heteroatoms. The Hall–Kier alpha value is -1.10. The minimum Gasteiger partial charge on any atom is -0.397 e. The summed E-state index contributed by atoms with van der Waals surface area (Å²) in [5.74, 6) is -0.0374. The molecule has 3 nitrogen and oxygen atoms in total. The number of carbonyl (C=O) groups excluding carboxylic acids is 1. The van der Waals surface area contributed by atoms with Crippen LogP contribution in [-0.4, -0.2) is 17.8 Å². The van der Waals surface area contributed by atoms with E-state index in [1.54, 1.807) is 11.0 Å². The number of rotatable bonds is 2. The lowest BCUT2D eigenvalue weighted by atomic mass is 10.2. The normalized spacial score (nSPS) is 20.5. The first-order valence-electron chi connectivity index (χ1n) is 5.03. The van der Waals surface area contributed by atoms with Gasteiger partial charge in [0.1, 0.15) is 5.82 Å². The molecule has 1 unspecified atom stereocenters. The molecule has 0 saturated carbocycles. The molecule has 1 aromatic carbocycles. The maximum absolute atomic E-state index is 12.9. The van der Waals surface area contributed by atoms with Gasteiger partial charge in [-0.25, -0.2) is 4.39 Å². The van der Waals surface area contributed by atoms with E-state index in [4.69, 9.17) is 5.73 Å². The lowest BCUT2D eigenvalue weighted by Gasteiger charge is -2.18. The van der Waals surface area contributed by atoms with Crippen molar-refractivity contribution >= 4 is 33.2 Å². The maximum Gasteiger partial charge on any atom is 0.227 e. The first-order chi connectivity index (χ1) is 7.61. The largest absolute Gasteiger partial charge is 0.397 e. The molecule has 0 aliphatic carbocycles. The summed E-state index contributed by atoms with van der Waals surface area (Å²) in [5.41, 5.74) is 6.62. The molecular weight excluding hydrogens is 275 g/mol. The van der Waals surface area contributed by atoms with Crippen LogP contribution in [0.2, 0.25) is 0 Å². The van der Waals surface area contributed by atoms with Crippen LogP contribution in [0.4, 0.5) is 15.8 Å². The molecule has 2 N–H and O–H groups in total. The number of hydrogen-bond acceptors (Lipinski definition) is 2. The van der Waals surface area contributed by atoms with Gasteiger partial charge in [-0.1, -0.05) is 15.9 Å². The number of nitrogens with two attached hydrogens (primary N) is 1. The molecule has 0 spiro atoms. The minimum absolute atomic E-state index is 0.0442. The van der Waals surface area contributed by atoms with E-state index in [0.717, 1.165) is 5.33 Å². The highest BCUT2D eigenvalue weighted by Crippen LogP contribution is 2.30. The smallest absolute Gasteiger partial charge is 0.227 e. The Bertz CT molecular complexity index is 424. The Kier molecular flexibility index (Phi) is 3.14. The predicted octanol–water partition coefficient (Wildman–Crippen LogP) is 2.16. The molecule has 1 heterocycles. The zero-order valence-electron chi connectivity index (χ0n) is 8.62. The first kappa shape index (κ1) is 11.4. The van der Waals surface area contributed by atoms with Crippen molar-refractivity contribution in [1.29, 1.82) is 0 Å². The van der Waals surface area contributed by atoms with E-state index in [2.05, 4.69) is 15.9 Å². The van der Waals surface area contributed by atoms with Gasteiger partial charge in [0.25, 0.3) is 0 Å². The van der Waals surface area contributed by atoms with Gasteiger partial charge in [0.05, 0.1) is 11.4 Å². The molecular formula is C11H12BrFN2O. The lowest BCUT2D eigenvalue weighted by Crippen LogP contribution is -2.25. The summed E-state index contributed by atoms with van der Waals surface area (Å²) < 4.78 is 12.9. The molecule has 0 bridgehead atoms. The molecule has 0 aromatic heterocycles. The summed E-state index contributed by atoms with van der Waals surface area (Å²) in [6, 6.07) is 4.11. The van der Waals surface area contributed by atoms with E-state index in [1.165, 1.54) is 12.1 Å². The van der Waals surface area contributed by atoms with E-state index < -0.39 is 0 Å². The van der Waals surface area contributed by atoms with Gasteiger partial charge in [0.2, 0.25) is 5.91 Å². The van der Waals surface area contributed by atoms with Crippen molar-refractivity contribution in [3.8, 4) is 0 Å². The van der Waals surface area contributed by atoms with Crippen molar-refractivity contribution in [3.05, 3.63) is 24.0 Å². The number of amides is 1. The topological polar surface area (TPSA) is 46.3 Å². The number of alkyl halides is 1. The summed E-state index contributed by atoms with van der Waals surface area (Å²) in [6.45, 7) is 0.639. The molecule has 86 valence electrons. The Morgan fingerprint density at radius 1 is 1.56 bits per heavy atom. The summed E-state index contributed by atoms with van der Waals surface area (Å²) in [5, 5.41) is 0.788. The van der Waals surface area contributed by atoms with Crippen LogP contribution in [0, 0.1) is 11.7 Å². The Morgan fingerprint density at radius 2 is 2.31 bits per heavy atom. The van der Waals surface area contributed by atoms with Gasteiger partial charge in [-0.05, 0) is 24.1 Å². The average Bonchev–Trinajstić information content (AvgIpc) is 2.60. The van der Waals surface area contributed by atoms with E-state index in [-0.39, 0.29) is 11.7 Å². The van der Waals surface area contributed by atoms with E-state index in [0.29, 0.717) is 30.3 Å². The molecule has 1 saturated heterocycles. The van der Waals surface area contributed by atoms with Gasteiger partial charge < -0.3 is 10.6 Å². The zero-order valence-corrected chi connectivity index (χ0v) is 10.2. The van der Waals surface area contributed by atoms with Crippen molar-refractivity contribution < 1.29 is 9.18 Å². The number of anilines is 2. The number of carbonyl (C=O) groups is 1. The van der Waals surface area contributed by atoms with Crippen LogP contribution in [0.3, 0.4) is 0 Å². The first-order valence-corrected chi connectivity index (χ1v) is 6.15. The Labute approximate surface area is 102 Å². The minimum atomic E-state index is -0.384. The molecule has 1 aliphatic heterocycles. The van der Waals surface area contributed by atoms with Crippen LogP contribution in [-0.2, 0) is 4.79 Å². The third kappa shape index (κ3) is 2.04. The van der Waals surface area contributed by atoms with Crippen LogP contribution in [0.25, 0.3) is 0 Å². The second-order valence-electron chi connectivity index (χ2n) is 3.93. The molecule has 0 radical (unpaired) electrons. The summed E-state index contributed by atoms with van der Waals surface area (Å²) in [6.07, 6.45) is 0.516. The second-order valence-corrected chi connectivity index (χ2v) is 4.58. The molecule has 1 amide bonds. The standard InChI is InChI=1S/C11H12BrFN2O/c12-5-7-3-11(16)15(6-7)10-2-1-8(13)4-9(10)14/h1-2,4,7H,3,5-6,14H2. The molecule has 1 aromatic rings. The molecule has 16 heavy (non-hydrogen) atoms. The average molecular weight is 287 g/mol. The van der Waals surface area contributed by atoms with E-state index >= 15 is 0 Å². The third-order valence-electron chi connectivity index (χ3n) is 2.70. The van der Waals surface area contributed by atoms with Crippen LogP contribution >= 0.6 is 15.9 Å². The van der Waals surface area contributed by atoms with Crippen molar-refractivity contribution in [1.82, 2.24) is 0 Å². The lowest BCUT2D eigenvalue weighted by molar-refractivity contribution is -0.117. The number of benzene rings is 1.